The first-order valence-electron chi connectivity index (χ1n) is 10.8. The van der Waals surface area contributed by atoms with Crippen molar-refractivity contribution in [1.29, 1.82) is 0 Å². The Labute approximate surface area is 203 Å². The first-order valence-corrected chi connectivity index (χ1v) is 11.7. The predicted molar refractivity (Wildman–Crippen MR) is 128 cm³/mol. The number of allylic oxidation sites excluding steroid dienone is 1. The molecule has 1 unspecified atom stereocenters. The van der Waals surface area contributed by atoms with Crippen LogP contribution in [-0.4, -0.2) is 54.4 Å². The number of hydrogen-bond donors (Lipinski definition) is 3. The van der Waals surface area contributed by atoms with E-state index < -0.39 is 44.9 Å². The largest absolute Gasteiger partial charge is 0.508 e. The molecule has 0 spiro atoms. The van der Waals surface area contributed by atoms with Crippen molar-refractivity contribution in [3.05, 3.63) is 47.1 Å². The Morgan fingerprint density at radius 1 is 1.27 bits per heavy atom. The first-order chi connectivity index (χ1) is 15.2. The lowest BCUT2D eigenvalue weighted by Crippen LogP contribution is -2.72. The molecule has 1 aromatic rings. The highest BCUT2D eigenvalue weighted by Crippen LogP contribution is 2.56. The maximum absolute atomic E-state index is 13.9. The molecule has 3 rings (SSSR count). The number of phenolic OH excluding ortho intramolecular Hbond substituents is 2. The van der Waals surface area contributed by atoms with E-state index in [1.165, 1.54) is 0 Å². The van der Waals surface area contributed by atoms with Gasteiger partial charge in [-0.25, -0.2) is 0 Å². The number of hydrogen-bond acceptors (Lipinski definition) is 6. The number of aliphatic hydroxyl groups excluding tert-OH is 1. The Morgan fingerprint density at radius 3 is 2.52 bits per heavy atom. The van der Waals surface area contributed by atoms with Gasteiger partial charge < -0.3 is 20.1 Å². The van der Waals surface area contributed by atoms with Crippen molar-refractivity contribution >= 4 is 34.8 Å². The third-order valence-electron chi connectivity index (χ3n) is 6.71. The number of ether oxygens (including phenoxy) is 1. The minimum Gasteiger partial charge on any atom is -0.508 e. The lowest BCUT2D eigenvalue weighted by atomic mass is 9.63. The summed E-state index contributed by atoms with van der Waals surface area (Å²) in [6.45, 7) is 10.8. The molecular formula is C25H30Cl2O6. The second-order valence-electron chi connectivity index (χ2n) is 9.71. The van der Waals surface area contributed by atoms with E-state index in [0.717, 1.165) is 17.7 Å². The third kappa shape index (κ3) is 4.23. The summed E-state index contributed by atoms with van der Waals surface area (Å²) in [7, 11) is 0. The van der Waals surface area contributed by atoms with Gasteiger partial charge in [0.25, 0.3) is 0 Å². The van der Waals surface area contributed by atoms with Gasteiger partial charge in [0.2, 0.25) is 0 Å². The van der Waals surface area contributed by atoms with E-state index in [9.17, 15) is 24.9 Å². The normalized spacial score (nSPS) is 29.9. The zero-order chi connectivity index (χ0) is 24.9. The topological polar surface area (TPSA) is 104 Å². The maximum atomic E-state index is 13.9. The third-order valence-corrected chi connectivity index (χ3v) is 8.02. The summed E-state index contributed by atoms with van der Waals surface area (Å²) in [6, 6.07) is 2.15. The molecule has 0 bridgehead atoms. The van der Waals surface area contributed by atoms with E-state index in [2.05, 4.69) is 6.58 Å². The van der Waals surface area contributed by atoms with Crippen molar-refractivity contribution in [2.75, 3.05) is 0 Å². The van der Waals surface area contributed by atoms with Crippen LogP contribution in [-0.2, 0) is 4.74 Å². The molecule has 3 N–H and O–H groups in total. The van der Waals surface area contributed by atoms with E-state index in [-0.39, 0.29) is 29.7 Å². The monoisotopic (exact) mass is 496 g/mol. The van der Waals surface area contributed by atoms with Crippen LogP contribution in [0, 0.1) is 0 Å². The molecule has 8 heteroatoms. The molecular weight excluding hydrogens is 467 g/mol. The van der Waals surface area contributed by atoms with Crippen molar-refractivity contribution in [2.24, 2.45) is 0 Å². The quantitative estimate of drug-likeness (QED) is 0.375. The fraction of sp³-hybridized carbons (Fsp3) is 0.520. The molecule has 4 atom stereocenters. The van der Waals surface area contributed by atoms with Gasteiger partial charge in [0.05, 0.1) is 22.6 Å². The van der Waals surface area contributed by atoms with Crippen LogP contribution in [0.2, 0.25) is 0 Å². The van der Waals surface area contributed by atoms with Crippen molar-refractivity contribution in [2.45, 2.75) is 80.9 Å². The number of halogens is 2. The maximum Gasteiger partial charge on any atom is 0.198 e. The molecule has 0 saturated carbocycles. The highest BCUT2D eigenvalue weighted by Gasteiger charge is 2.70. The minimum absolute atomic E-state index is 0.0149. The van der Waals surface area contributed by atoms with E-state index in [1.807, 2.05) is 6.92 Å². The number of benzene rings is 1. The van der Waals surface area contributed by atoms with Gasteiger partial charge in [-0.05, 0) is 53.0 Å². The molecule has 1 fully saturated rings. The van der Waals surface area contributed by atoms with Gasteiger partial charge in [-0.1, -0.05) is 23.8 Å². The van der Waals surface area contributed by atoms with Crippen LogP contribution in [0.5, 0.6) is 11.5 Å². The van der Waals surface area contributed by atoms with E-state index in [4.69, 9.17) is 27.9 Å². The zero-order valence-corrected chi connectivity index (χ0v) is 20.8. The highest BCUT2D eigenvalue weighted by atomic mass is 35.5. The molecule has 1 aliphatic carbocycles. The number of fused-ring (bicyclic) bond motifs is 2. The molecule has 0 aromatic heterocycles. The molecule has 1 aromatic carbocycles. The summed E-state index contributed by atoms with van der Waals surface area (Å²) in [5, 5.41) is 29.7. The van der Waals surface area contributed by atoms with Crippen molar-refractivity contribution < 1.29 is 29.6 Å². The fourth-order valence-electron chi connectivity index (χ4n) is 4.53. The van der Waals surface area contributed by atoms with Gasteiger partial charge in [-0.2, -0.15) is 0 Å². The summed E-state index contributed by atoms with van der Waals surface area (Å²) in [6.07, 6.45) is 2.08. The lowest BCUT2D eigenvalue weighted by molar-refractivity contribution is -0.157. The van der Waals surface area contributed by atoms with E-state index in [0.29, 0.717) is 18.4 Å². The molecule has 0 amide bonds. The predicted octanol–water partition coefficient (Wildman–Crippen LogP) is 5.05. The van der Waals surface area contributed by atoms with Crippen LogP contribution in [0.3, 0.4) is 0 Å². The number of rotatable bonds is 6. The number of carbonyl (C=O) groups is 2. The number of aliphatic hydroxyl groups is 1. The average molecular weight is 497 g/mol. The van der Waals surface area contributed by atoms with Crippen LogP contribution in [0.1, 0.15) is 74.1 Å². The zero-order valence-electron chi connectivity index (χ0n) is 19.2. The van der Waals surface area contributed by atoms with Gasteiger partial charge >= 0.3 is 0 Å². The Hall–Kier alpha value is -1.86. The number of ketones is 2. The smallest absolute Gasteiger partial charge is 0.198 e. The Morgan fingerprint density at radius 2 is 1.91 bits per heavy atom. The number of phenols is 2. The SMILES string of the molecule is C=C(C)C(O)CC/C(C)=C/C[C@@]12OC(C)(C)[C@H](Cl)C[C@]1(Cl)C(=O)c1c(O)cc(O)cc1C2=O. The van der Waals surface area contributed by atoms with E-state index >= 15 is 0 Å². The van der Waals surface area contributed by atoms with Crippen LogP contribution < -0.4 is 0 Å². The standard InChI is InChI=1S/C25H30Cl2O6/c1-13(2)17(29)7-6-14(3)8-9-25-21(31)16-10-15(28)11-18(30)20(16)22(32)24(25,27)12-19(26)23(4,5)33-25/h8,10-11,17,19,28-30H,1,6-7,9,12H2,2-5H3/b14-8+/t17?,19-,24+,25+/m1/s1. The number of aromatic hydroxyl groups is 2. The van der Waals surface area contributed by atoms with Crippen molar-refractivity contribution in [3.63, 3.8) is 0 Å². The van der Waals surface area contributed by atoms with Crippen molar-refractivity contribution in [1.82, 2.24) is 0 Å². The molecule has 6 nitrogen and oxygen atoms in total. The summed E-state index contributed by atoms with van der Waals surface area (Å²) in [5.74, 6) is -2.13. The number of alkyl halides is 2. The Kier molecular flexibility index (Phi) is 6.82. The Bertz CT molecular complexity index is 1050. The summed E-state index contributed by atoms with van der Waals surface area (Å²) in [5.41, 5.74) is -1.60. The summed E-state index contributed by atoms with van der Waals surface area (Å²) < 4.78 is 6.31. The second-order valence-corrected chi connectivity index (χ2v) is 10.9. The molecule has 1 saturated heterocycles. The fourth-order valence-corrected chi connectivity index (χ4v) is 5.33. The van der Waals surface area contributed by atoms with Gasteiger partial charge in [0.15, 0.2) is 17.2 Å². The number of carbonyl (C=O) groups excluding carboxylic acids is 2. The second kappa shape index (κ2) is 8.73. The van der Waals surface area contributed by atoms with Crippen LogP contribution in [0.25, 0.3) is 0 Å². The van der Waals surface area contributed by atoms with Gasteiger partial charge in [-0.15, -0.1) is 23.2 Å². The number of Topliss-reactive ketones (excluding diaryl/α,β-unsaturated/α-hetero) is 2. The average Bonchev–Trinajstić information content (AvgIpc) is 2.71. The molecule has 180 valence electrons. The van der Waals surface area contributed by atoms with Gasteiger partial charge in [0.1, 0.15) is 16.4 Å². The summed E-state index contributed by atoms with van der Waals surface area (Å²) >= 11 is 13.5. The Balaban J connectivity index is 2.11. The van der Waals surface area contributed by atoms with Crippen LogP contribution >= 0.6 is 23.2 Å². The molecule has 1 aliphatic heterocycles. The first kappa shape index (κ1) is 25.8. The molecule has 1 heterocycles. The molecule has 33 heavy (non-hydrogen) atoms. The molecule has 2 aliphatic rings. The lowest BCUT2D eigenvalue weighted by Gasteiger charge is -2.56. The van der Waals surface area contributed by atoms with Crippen LogP contribution in [0.4, 0.5) is 0 Å². The highest BCUT2D eigenvalue weighted by molar-refractivity contribution is 6.45. The van der Waals surface area contributed by atoms with Gasteiger partial charge in [0, 0.05) is 18.1 Å². The van der Waals surface area contributed by atoms with E-state index in [1.54, 1.807) is 26.8 Å². The summed E-state index contributed by atoms with van der Waals surface area (Å²) in [4.78, 5) is 25.7. The van der Waals surface area contributed by atoms with Crippen molar-refractivity contribution in [3.8, 4) is 11.5 Å². The molecule has 0 radical (unpaired) electrons. The minimum atomic E-state index is -1.85. The van der Waals surface area contributed by atoms with Gasteiger partial charge in [-0.3, -0.25) is 9.59 Å². The van der Waals surface area contributed by atoms with Crippen LogP contribution in [0.15, 0.2) is 35.9 Å².